The molecule has 0 radical (unpaired) electrons. The van der Waals surface area contributed by atoms with Crippen LogP contribution in [-0.2, 0) is 16.0 Å². The summed E-state index contributed by atoms with van der Waals surface area (Å²) in [4.78, 5) is 12.0. The monoisotopic (exact) mass is 346 g/mol. The summed E-state index contributed by atoms with van der Waals surface area (Å²) in [6.07, 6.45) is -0.236. The molecule has 24 heavy (non-hydrogen) atoms. The average molecular weight is 347 g/mol. The molecule has 0 bridgehead atoms. The molecule has 1 aliphatic rings. The van der Waals surface area contributed by atoms with Gasteiger partial charge >= 0.3 is 5.97 Å². The normalized spacial score (nSPS) is 16.3. The van der Waals surface area contributed by atoms with Crippen molar-refractivity contribution >= 4 is 17.6 Å². The number of hydrogen-bond donors (Lipinski definition) is 0. The van der Waals surface area contributed by atoms with E-state index in [1.165, 1.54) is 0 Å². The van der Waals surface area contributed by atoms with Gasteiger partial charge in [-0.2, -0.15) is 0 Å². The molecule has 0 amide bonds. The minimum atomic E-state index is -0.464. The lowest BCUT2D eigenvalue weighted by Crippen LogP contribution is -2.22. The molecule has 1 heterocycles. The van der Waals surface area contributed by atoms with Crippen LogP contribution in [0.25, 0.3) is 0 Å². The summed E-state index contributed by atoms with van der Waals surface area (Å²) in [6, 6.07) is 11.1. The standard InChI is InChI=1S/C19H19ClO4/c1-3-22-16-9-13-10-18(21)24-19(12-5-7-14(20)8-6-12)15(13)11-17(16)23-4-2/h5-9,11,19H,3-4,10H2,1-2H3/t19-/m0/s1. The van der Waals surface area contributed by atoms with E-state index in [0.29, 0.717) is 29.7 Å². The second-order valence-electron chi connectivity index (χ2n) is 5.46. The number of cyclic esters (lactones) is 1. The number of ether oxygens (including phenoxy) is 3. The van der Waals surface area contributed by atoms with Gasteiger partial charge in [-0.1, -0.05) is 23.7 Å². The quantitative estimate of drug-likeness (QED) is 0.756. The first-order chi connectivity index (χ1) is 11.6. The summed E-state index contributed by atoms with van der Waals surface area (Å²) in [6.45, 7) is 4.90. The van der Waals surface area contributed by atoms with Crippen LogP contribution >= 0.6 is 11.6 Å². The molecule has 0 saturated carbocycles. The van der Waals surface area contributed by atoms with Crippen molar-refractivity contribution in [1.29, 1.82) is 0 Å². The summed E-state index contributed by atoms with van der Waals surface area (Å²) < 4.78 is 16.9. The molecule has 3 rings (SSSR count). The summed E-state index contributed by atoms with van der Waals surface area (Å²) in [5.74, 6) is 1.06. The lowest BCUT2D eigenvalue weighted by Gasteiger charge is -2.27. The number of carbonyl (C=O) groups excluding carboxylic acids is 1. The van der Waals surface area contributed by atoms with Crippen molar-refractivity contribution in [1.82, 2.24) is 0 Å². The molecule has 0 fully saturated rings. The number of fused-ring (bicyclic) bond motifs is 1. The molecule has 0 saturated heterocycles. The van der Waals surface area contributed by atoms with Gasteiger partial charge in [0.05, 0.1) is 19.6 Å². The van der Waals surface area contributed by atoms with Gasteiger partial charge in [0.25, 0.3) is 0 Å². The Bertz CT molecular complexity index is 740. The highest BCUT2D eigenvalue weighted by atomic mass is 35.5. The van der Waals surface area contributed by atoms with E-state index in [2.05, 4.69) is 0 Å². The molecular weight excluding hydrogens is 328 g/mol. The smallest absolute Gasteiger partial charge is 0.311 e. The van der Waals surface area contributed by atoms with Gasteiger partial charge in [0.15, 0.2) is 17.6 Å². The number of esters is 1. The fourth-order valence-corrected chi connectivity index (χ4v) is 2.95. The van der Waals surface area contributed by atoms with Crippen LogP contribution in [0.3, 0.4) is 0 Å². The van der Waals surface area contributed by atoms with Gasteiger partial charge in [-0.15, -0.1) is 0 Å². The molecule has 1 atom stereocenters. The van der Waals surface area contributed by atoms with E-state index in [1.807, 2.05) is 38.1 Å². The fourth-order valence-electron chi connectivity index (χ4n) is 2.83. The molecule has 5 heteroatoms. The van der Waals surface area contributed by atoms with Crippen LogP contribution in [-0.4, -0.2) is 19.2 Å². The summed E-state index contributed by atoms with van der Waals surface area (Å²) in [5.41, 5.74) is 2.70. The summed E-state index contributed by atoms with van der Waals surface area (Å²) >= 11 is 5.96. The van der Waals surface area contributed by atoms with Crippen LogP contribution in [0.5, 0.6) is 11.5 Å². The highest BCUT2D eigenvalue weighted by molar-refractivity contribution is 6.30. The van der Waals surface area contributed by atoms with Crippen LogP contribution < -0.4 is 9.47 Å². The number of rotatable bonds is 5. The Hall–Kier alpha value is -2.20. The molecule has 0 aliphatic carbocycles. The molecule has 0 N–H and O–H groups in total. The second kappa shape index (κ2) is 7.14. The molecule has 4 nitrogen and oxygen atoms in total. The van der Waals surface area contributed by atoms with Crippen molar-refractivity contribution in [2.75, 3.05) is 13.2 Å². The van der Waals surface area contributed by atoms with Crippen molar-refractivity contribution in [3.8, 4) is 11.5 Å². The minimum absolute atomic E-state index is 0.228. The molecule has 0 aromatic heterocycles. The van der Waals surface area contributed by atoms with Gasteiger partial charge in [-0.05, 0) is 49.2 Å². The van der Waals surface area contributed by atoms with Crippen LogP contribution in [0.1, 0.15) is 36.6 Å². The maximum Gasteiger partial charge on any atom is 0.311 e. The number of halogens is 1. The second-order valence-corrected chi connectivity index (χ2v) is 5.90. The predicted molar refractivity (Wildman–Crippen MR) is 91.9 cm³/mol. The zero-order chi connectivity index (χ0) is 17.1. The van der Waals surface area contributed by atoms with Crippen molar-refractivity contribution in [2.45, 2.75) is 26.4 Å². The van der Waals surface area contributed by atoms with E-state index in [-0.39, 0.29) is 12.4 Å². The molecular formula is C19H19ClO4. The highest BCUT2D eigenvalue weighted by Crippen LogP contribution is 2.40. The minimum Gasteiger partial charge on any atom is -0.490 e. The predicted octanol–water partition coefficient (Wildman–Crippen LogP) is 4.33. The van der Waals surface area contributed by atoms with E-state index >= 15 is 0 Å². The molecule has 0 unspecified atom stereocenters. The molecule has 1 aliphatic heterocycles. The van der Waals surface area contributed by atoms with Crippen molar-refractivity contribution in [3.05, 3.63) is 58.1 Å². The zero-order valence-electron chi connectivity index (χ0n) is 13.7. The van der Waals surface area contributed by atoms with E-state index in [9.17, 15) is 4.79 Å². The van der Waals surface area contributed by atoms with Gasteiger partial charge in [-0.3, -0.25) is 4.79 Å². The van der Waals surface area contributed by atoms with E-state index in [0.717, 1.165) is 16.7 Å². The lowest BCUT2D eigenvalue weighted by atomic mass is 9.92. The van der Waals surface area contributed by atoms with Crippen LogP contribution in [0.15, 0.2) is 36.4 Å². The first-order valence-electron chi connectivity index (χ1n) is 7.99. The number of carbonyl (C=O) groups is 1. The lowest BCUT2D eigenvalue weighted by molar-refractivity contribution is -0.148. The third-order valence-corrected chi connectivity index (χ3v) is 4.10. The van der Waals surface area contributed by atoms with Gasteiger partial charge in [0, 0.05) is 10.6 Å². The topological polar surface area (TPSA) is 44.8 Å². The number of hydrogen-bond acceptors (Lipinski definition) is 4. The summed E-state index contributed by atoms with van der Waals surface area (Å²) in [5, 5.41) is 0.641. The van der Waals surface area contributed by atoms with E-state index < -0.39 is 6.10 Å². The van der Waals surface area contributed by atoms with Crippen molar-refractivity contribution in [2.24, 2.45) is 0 Å². The van der Waals surface area contributed by atoms with Crippen LogP contribution in [0.4, 0.5) is 0 Å². The Balaban J connectivity index is 2.08. The third-order valence-electron chi connectivity index (χ3n) is 3.84. The molecule has 0 spiro atoms. The average Bonchev–Trinajstić information content (AvgIpc) is 2.56. The maximum absolute atomic E-state index is 12.0. The molecule has 2 aromatic rings. The van der Waals surface area contributed by atoms with E-state index in [1.54, 1.807) is 12.1 Å². The number of benzene rings is 2. The highest BCUT2D eigenvalue weighted by Gasteiger charge is 2.30. The fraction of sp³-hybridized carbons (Fsp3) is 0.316. The molecule has 2 aromatic carbocycles. The van der Waals surface area contributed by atoms with Gasteiger partial charge in [0.1, 0.15) is 0 Å². The SMILES string of the molecule is CCOc1cc2c(cc1OCC)[C@H](c1ccc(Cl)cc1)OC(=O)C2. The van der Waals surface area contributed by atoms with Crippen LogP contribution in [0, 0.1) is 0 Å². The van der Waals surface area contributed by atoms with E-state index in [4.69, 9.17) is 25.8 Å². The van der Waals surface area contributed by atoms with Crippen molar-refractivity contribution < 1.29 is 19.0 Å². The maximum atomic E-state index is 12.0. The Morgan fingerprint density at radius 2 is 1.71 bits per heavy atom. The molecule has 126 valence electrons. The largest absolute Gasteiger partial charge is 0.490 e. The summed E-state index contributed by atoms with van der Waals surface area (Å²) in [7, 11) is 0. The van der Waals surface area contributed by atoms with Crippen LogP contribution in [0.2, 0.25) is 5.02 Å². The van der Waals surface area contributed by atoms with Gasteiger partial charge in [-0.25, -0.2) is 0 Å². The first-order valence-corrected chi connectivity index (χ1v) is 8.37. The Labute approximate surface area is 146 Å². The zero-order valence-corrected chi connectivity index (χ0v) is 14.4. The Kier molecular flexibility index (Phi) is 4.95. The van der Waals surface area contributed by atoms with Gasteiger partial charge < -0.3 is 14.2 Å². The van der Waals surface area contributed by atoms with Crippen molar-refractivity contribution in [3.63, 3.8) is 0 Å². The van der Waals surface area contributed by atoms with Gasteiger partial charge in [0.2, 0.25) is 0 Å². The Morgan fingerprint density at radius 3 is 2.33 bits per heavy atom. The first kappa shape index (κ1) is 16.7. The Morgan fingerprint density at radius 1 is 1.08 bits per heavy atom. The third kappa shape index (κ3) is 3.34.